The predicted molar refractivity (Wildman–Crippen MR) is 92.8 cm³/mol. The quantitative estimate of drug-likeness (QED) is 0.386. The van der Waals surface area contributed by atoms with Gasteiger partial charge in [0.25, 0.3) is 0 Å². The molecule has 3 aromatic carbocycles. The molecule has 3 rings (SSSR count). The maximum Gasteiger partial charge on any atom is 3.00 e. The van der Waals surface area contributed by atoms with E-state index in [4.69, 9.17) is 0 Å². The van der Waals surface area contributed by atoms with Crippen molar-refractivity contribution < 1.29 is 51.0 Å². The summed E-state index contributed by atoms with van der Waals surface area (Å²) in [6, 6.07) is 22.1. The number of benzene rings is 2. The first-order valence-corrected chi connectivity index (χ1v) is 8.12. The Hall–Kier alpha value is -0.487. The summed E-state index contributed by atoms with van der Waals surface area (Å²) in [6.07, 6.45) is 6.54. The van der Waals surface area contributed by atoms with Crippen molar-refractivity contribution in [3.63, 3.8) is 0 Å². The molecule has 125 valence electrons. The van der Waals surface area contributed by atoms with E-state index >= 15 is 0 Å². The van der Waals surface area contributed by atoms with Crippen LogP contribution >= 0.6 is 0 Å². The fourth-order valence-electron chi connectivity index (χ4n) is 3.07. The molecule has 1 radical (unpaired) electrons. The summed E-state index contributed by atoms with van der Waals surface area (Å²) in [4.78, 5) is 0. The monoisotopic (exact) mass is 435 g/mol. The molecule has 0 aliphatic heterocycles. The van der Waals surface area contributed by atoms with E-state index in [0.29, 0.717) is 0 Å². The van der Waals surface area contributed by atoms with Gasteiger partial charge >= 0.3 is 26.2 Å². The van der Waals surface area contributed by atoms with Gasteiger partial charge in [-0.25, -0.2) is 0 Å². The van der Waals surface area contributed by atoms with Crippen LogP contribution in [-0.4, -0.2) is 0 Å². The molecule has 0 N–H and O–H groups in total. The van der Waals surface area contributed by atoms with Gasteiger partial charge in [0.15, 0.2) is 0 Å². The molecular weight excluding hydrogens is 414 g/mol. The van der Waals surface area contributed by atoms with Gasteiger partial charge in [0.2, 0.25) is 0 Å². The van der Waals surface area contributed by atoms with Crippen LogP contribution in [0.2, 0.25) is 0 Å². The minimum absolute atomic E-state index is 0. The molecule has 0 saturated heterocycles. The maximum absolute atomic E-state index is 2.39. The maximum atomic E-state index is 2.39. The van der Waals surface area contributed by atoms with E-state index in [-0.39, 0.29) is 51.0 Å². The molecule has 0 fully saturated rings. The Balaban J connectivity index is 0.00000176. The van der Waals surface area contributed by atoms with Crippen LogP contribution in [0.1, 0.15) is 38.2 Å². The first-order valence-electron chi connectivity index (χ1n) is 8.12. The van der Waals surface area contributed by atoms with Crippen LogP contribution < -0.4 is 24.8 Å². The minimum atomic E-state index is 0. The predicted octanol–water partition coefficient (Wildman–Crippen LogP) is 0.354. The van der Waals surface area contributed by atoms with Crippen molar-refractivity contribution in [2.24, 2.45) is 0 Å². The van der Waals surface area contributed by atoms with Crippen LogP contribution in [-0.2, 0) is 32.6 Å². The molecule has 0 saturated carbocycles. The molecule has 0 bridgehead atoms. The van der Waals surface area contributed by atoms with Crippen LogP contribution in [0.3, 0.4) is 0 Å². The van der Waals surface area contributed by atoms with Gasteiger partial charge < -0.3 is 24.8 Å². The molecule has 0 unspecified atom stereocenters. The molecule has 0 heterocycles. The Kier molecular flexibility index (Phi) is 11.7. The number of rotatable bonds is 6. The van der Waals surface area contributed by atoms with E-state index < -0.39 is 0 Å². The van der Waals surface area contributed by atoms with Crippen molar-refractivity contribution in [2.45, 2.75) is 39.0 Å². The Labute approximate surface area is 177 Å². The van der Waals surface area contributed by atoms with Gasteiger partial charge in [-0.2, -0.15) is 6.07 Å². The van der Waals surface area contributed by atoms with Crippen molar-refractivity contribution in [3.8, 4) is 11.1 Å². The molecule has 0 spiro atoms. The van der Waals surface area contributed by atoms with Crippen LogP contribution in [0.15, 0.2) is 60.7 Å². The van der Waals surface area contributed by atoms with Crippen LogP contribution in [0.25, 0.3) is 21.9 Å². The zero-order valence-corrected chi connectivity index (χ0v) is 18.0. The fourth-order valence-corrected chi connectivity index (χ4v) is 3.07. The van der Waals surface area contributed by atoms with Gasteiger partial charge in [-0.1, -0.05) is 74.6 Å². The third kappa shape index (κ3) is 5.80. The van der Waals surface area contributed by atoms with E-state index in [1.807, 2.05) is 0 Å². The Bertz CT molecular complexity index is 704. The molecule has 0 aromatic heterocycles. The summed E-state index contributed by atoms with van der Waals surface area (Å²) in [6.45, 7) is 2.27. The van der Waals surface area contributed by atoms with Crippen molar-refractivity contribution in [2.75, 3.05) is 0 Å². The number of unbranched alkanes of at least 4 members (excludes halogenated alkanes) is 3. The third-order valence-corrected chi connectivity index (χ3v) is 4.21. The van der Waals surface area contributed by atoms with Crippen molar-refractivity contribution >= 4 is 10.8 Å². The number of halogens is 2. The second-order valence-electron chi connectivity index (χ2n) is 5.85. The molecule has 3 heteroatoms. The first-order chi connectivity index (χ1) is 10.4. The largest absolute Gasteiger partial charge is 3.00 e. The molecule has 0 aliphatic rings. The summed E-state index contributed by atoms with van der Waals surface area (Å²) in [7, 11) is 0. The van der Waals surface area contributed by atoms with E-state index in [2.05, 4.69) is 67.6 Å². The Morgan fingerprint density at radius 2 is 1.58 bits per heavy atom. The zero-order valence-electron chi connectivity index (χ0n) is 14.1. The van der Waals surface area contributed by atoms with Gasteiger partial charge in [-0.3, -0.25) is 0 Å². The number of hydrogen-bond donors (Lipinski definition) is 0. The van der Waals surface area contributed by atoms with E-state index in [1.165, 1.54) is 59.6 Å². The van der Waals surface area contributed by atoms with Crippen molar-refractivity contribution in [3.05, 3.63) is 66.2 Å². The molecule has 24 heavy (non-hydrogen) atoms. The van der Waals surface area contributed by atoms with Gasteiger partial charge in [0, 0.05) is 0 Å². The van der Waals surface area contributed by atoms with Gasteiger partial charge in [-0.15, -0.1) is 34.5 Å². The van der Waals surface area contributed by atoms with Crippen LogP contribution in [0.5, 0.6) is 0 Å². The average molecular weight is 438 g/mol. The molecule has 0 atom stereocenters. The summed E-state index contributed by atoms with van der Waals surface area (Å²) < 4.78 is 0. The van der Waals surface area contributed by atoms with Crippen LogP contribution in [0.4, 0.5) is 0 Å². The van der Waals surface area contributed by atoms with Crippen molar-refractivity contribution in [1.82, 2.24) is 0 Å². The van der Waals surface area contributed by atoms with Crippen LogP contribution in [0, 0.1) is 0 Å². The number of fused-ring (bicyclic) bond motifs is 1. The fraction of sp³-hybridized carbons (Fsp3) is 0.286. The molecule has 3 aromatic rings. The van der Waals surface area contributed by atoms with E-state index in [9.17, 15) is 0 Å². The summed E-state index contributed by atoms with van der Waals surface area (Å²) in [5.41, 5.74) is 4.16. The smallest absolute Gasteiger partial charge is 1.00 e. The molecule has 0 amide bonds. The van der Waals surface area contributed by atoms with Gasteiger partial charge in [-0.05, 0) is 12.0 Å². The normalized spacial score (nSPS) is 9.71. The van der Waals surface area contributed by atoms with E-state index in [0.717, 1.165) is 0 Å². The van der Waals surface area contributed by atoms with Crippen molar-refractivity contribution in [1.29, 1.82) is 0 Å². The zero-order chi connectivity index (χ0) is 14.5. The second kappa shape index (κ2) is 12.0. The van der Waals surface area contributed by atoms with Gasteiger partial charge in [0.1, 0.15) is 0 Å². The molecular formula is C21H23Cl2Zr. The number of hydrogen-bond acceptors (Lipinski definition) is 0. The Morgan fingerprint density at radius 1 is 0.833 bits per heavy atom. The third-order valence-electron chi connectivity index (χ3n) is 4.21. The minimum Gasteiger partial charge on any atom is -1.00 e. The topological polar surface area (TPSA) is 0 Å². The summed E-state index contributed by atoms with van der Waals surface area (Å²) in [5, 5.41) is 2.77. The van der Waals surface area contributed by atoms with E-state index in [1.54, 1.807) is 0 Å². The standard InChI is InChI=1S/C21H23.2ClH.Zr/c1-2-3-4-6-10-17-15-19-13-9-14-20(21(19)16-17)18-11-7-5-8-12-18;;;/h5,7-9,11-16H,2-4,6,10H2,1H3;2*1H;/q-1;;;+3/p-2. The summed E-state index contributed by atoms with van der Waals surface area (Å²) >= 11 is 0. The average Bonchev–Trinajstić information content (AvgIpc) is 2.95. The first kappa shape index (κ1) is 23.5. The molecule has 0 nitrogen and oxygen atoms in total. The molecule has 0 aliphatic carbocycles. The summed E-state index contributed by atoms with van der Waals surface area (Å²) in [5.74, 6) is 0. The van der Waals surface area contributed by atoms with Gasteiger partial charge in [0.05, 0.1) is 0 Å². The SMILES string of the molecule is CCCCCCc1cc2c(-c3ccccc3)cccc2[cH-]1.[Cl-].[Cl-].[Zr+3]. The number of aryl methyl sites for hydroxylation is 1. The second-order valence-corrected chi connectivity index (χ2v) is 5.85. The Morgan fingerprint density at radius 3 is 2.29 bits per heavy atom.